The van der Waals surface area contributed by atoms with Gasteiger partial charge in [-0.2, -0.15) is 4.98 Å². The highest BCUT2D eigenvalue weighted by Crippen LogP contribution is 2.32. The largest absolute Gasteiger partial charge is 0.358 e. The van der Waals surface area contributed by atoms with E-state index in [2.05, 4.69) is 32.7 Å². The molecule has 0 unspecified atom stereocenters. The minimum Gasteiger partial charge on any atom is -0.358 e. The molecule has 1 aliphatic rings. The number of para-hydroxylation sites is 1. The van der Waals surface area contributed by atoms with Crippen molar-refractivity contribution in [2.75, 3.05) is 29.6 Å². The van der Waals surface area contributed by atoms with E-state index in [-0.39, 0.29) is 23.0 Å². The predicted molar refractivity (Wildman–Crippen MR) is 150 cm³/mol. The van der Waals surface area contributed by atoms with Gasteiger partial charge in [-0.15, -0.1) is 0 Å². The molecule has 38 heavy (non-hydrogen) atoms. The van der Waals surface area contributed by atoms with E-state index in [0.717, 1.165) is 24.7 Å². The van der Waals surface area contributed by atoms with Crippen LogP contribution in [-0.2, 0) is 17.8 Å². The van der Waals surface area contributed by atoms with E-state index in [9.17, 15) is 14.0 Å². The third-order valence-electron chi connectivity index (χ3n) is 6.12. The van der Waals surface area contributed by atoms with Crippen LogP contribution < -0.4 is 16.2 Å². The van der Waals surface area contributed by atoms with Gasteiger partial charge in [-0.1, -0.05) is 65.8 Å². The SMILES string of the molecule is O=C(CSc1nc(=O)c2c(n1-c1ccccc1Cl)NCN(CCc1ccccc1)C2)Nc1ccc(F)cc1. The van der Waals surface area contributed by atoms with Crippen LogP contribution in [0.3, 0.4) is 0 Å². The number of rotatable bonds is 8. The van der Waals surface area contributed by atoms with Crippen molar-refractivity contribution in [3.05, 3.63) is 111 Å². The summed E-state index contributed by atoms with van der Waals surface area (Å²) in [5.41, 5.74) is 2.57. The van der Waals surface area contributed by atoms with Crippen molar-refractivity contribution in [2.24, 2.45) is 0 Å². The Morgan fingerprint density at radius 3 is 2.55 bits per heavy atom. The first-order chi connectivity index (χ1) is 18.5. The molecule has 0 fully saturated rings. The summed E-state index contributed by atoms with van der Waals surface area (Å²) >= 11 is 7.69. The zero-order valence-corrected chi connectivity index (χ0v) is 21.9. The second kappa shape index (κ2) is 11.8. The van der Waals surface area contributed by atoms with Gasteiger partial charge >= 0.3 is 0 Å². The summed E-state index contributed by atoms with van der Waals surface area (Å²) in [5, 5.41) is 6.97. The number of nitrogens with one attached hydrogen (secondary N) is 2. The number of halogens is 2. The Balaban J connectivity index is 1.39. The highest BCUT2D eigenvalue weighted by molar-refractivity contribution is 7.99. The molecule has 0 bridgehead atoms. The fourth-order valence-electron chi connectivity index (χ4n) is 4.23. The summed E-state index contributed by atoms with van der Waals surface area (Å²) in [6.07, 6.45) is 0.862. The minimum absolute atomic E-state index is 0.00371. The first-order valence-electron chi connectivity index (χ1n) is 12.1. The van der Waals surface area contributed by atoms with Crippen molar-refractivity contribution in [2.45, 2.75) is 18.1 Å². The van der Waals surface area contributed by atoms with Crippen LogP contribution in [0.5, 0.6) is 0 Å². The molecule has 0 spiro atoms. The molecule has 10 heteroatoms. The Kier molecular flexibility index (Phi) is 8.07. The molecule has 0 aliphatic carbocycles. The normalized spacial score (nSPS) is 13.0. The molecule has 5 rings (SSSR count). The number of aromatic nitrogens is 2. The first kappa shape index (κ1) is 26.0. The zero-order chi connectivity index (χ0) is 26.5. The zero-order valence-electron chi connectivity index (χ0n) is 20.4. The Morgan fingerprint density at radius 2 is 1.79 bits per heavy atom. The van der Waals surface area contributed by atoms with Crippen LogP contribution in [-0.4, -0.2) is 39.3 Å². The lowest BCUT2D eigenvalue weighted by atomic mass is 10.1. The van der Waals surface area contributed by atoms with Gasteiger partial charge in [0.25, 0.3) is 5.56 Å². The van der Waals surface area contributed by atoms with E-state index in [1.54, 1.807) is 6.07 Å². The number of amides is 1. The third kappa shape index (κ3) is 6.07. The third-order valence-corrected chi connectivity index (χ3v) is 7.38. The molecule has 0 saturated heterocycles. The molecule has 194 valence electrons. The summed E-state index contributed by atoms with van der Waals surface area (Å²) in [6, 6.07) is 23.0. The average molecular weight is 550 g/mol. The number of carbonyl (C=O) groups is 1. The first-order valence-corrected chi connectivity index (χ1v) is 13.4. The van der Waals surface area contributed by atoms with Crippen LogP contribution in [0.25, 0.3) is 5.69 Å². The van der Waals surface area contributed by atoms with E-state index < -0.39 is 0 Å². The maximum Gasteiger partial charge on any atom is 0.280 e. The average Bonchev–Trinajstić information content (AvgIpc) is 2.93. The van der Waals surface area contributed by atoms with Crippen LogP contribution in [0.1, 0.15) is 11.1 Å². The molecular weight excluding hydrogens is 525 g/mol. The summed E-state index contributed by atoms with van der Waals surface area (Å²) in [5.74, 6) is -0.0728. The van der Waals surface area contributed by atoms with Gasteiger partial charge in [0.15, 0.2) is 5.16 Å². The lowest BCUT2D eigenvalue weighted by Gasteiger charge is -2.32. The second-order valence-corrected chi connectivity index (χ2v) is 10.1. The molecule has 1 aromatic heterocycles. The van der Waals surface area contributed by atoms with Crippen LogP contribution in [0.15, 0.2) is 88.8 Å². The lowest BCUT2D eigenvalue weighted by Crippen LogP contribution is -2.40. The number of nitrogens with zero attached hydrogens (tertiary/aromatic N) is 3. The maximum absolute atomic E-state index is 13.2. The van der Waals surface area contributed by atoms with E-state index in [1.165, 1.54) is 29.8 Å². The van der Waals surface area contributed by atoms with Crippen molar-refractivity contribution in [3.8, 4) is 5.69 Å². The Morgan fingerprint density at radius 1 is 1.05 bits per heavy atom. The summed E-state index contributed by atoms with van der Waals surface area (Å²) < 4.78 is 15.0. The maximum atomic E-state index is 13.2. The van der Waals surface area contributed by atoms with Crippen LogP contribution >= 0.6 is 23.4 Å². The van der Waals surface area contributed by atoms with Gasteiger partial charge in [0.1, 0.15) is 11.6 Å². The number of hydrogen-bond donors (Lipinski definition) is 2. The van der Waals surface area contributed by atoms with E-state index in [4.69, 9.17) is 11.6 Å². The van der Waals surface area contributed by atoms with E-state index in [0.29, 0.717) is 46.1 Å². The lowest BCUT2D eigenvalue weighted by molar-refractivity contribution is -0.113. The monoisotopic (exact) mass is 549 g/mol. The van der Waals surface area contributed by atoms with Crippen molar-refractivity contribution in [3.63, 3.8) is 0 Å². The summed E-state index contributed by atoms with van der Waals surface area (Å²) in [7, 11) is 0. The highest BCUT2D eigenvalue weighted by atomic mass is 35.5. The molecule has 0 atom stereocenters. The Labute approximate surface area is 228 Å². The molecule has 0 radical (unpaired) electrons. The highest BCUT2D eigenvalue weighted by Gasteiger charge is 2.26. The Hall–Kier alpha value is -3.66. The van der Waals surface area contributed by atoms with Crippen molar-refractivity contribution in [1.29, 1.82) is 0 Å². The molecule has 7 nitrogen and oxygen atoms in total. The van der Waals surface area contributed by atoms with Crippen LogP contribution in [0.4, 0.5) is 15.9 Å². The number of hydrogen-bond acceptors (Lipinski definition) is 6. The van der Waals surface area contributed by atoms with Gasteiger partial charge in [-0.3, -0.25) is 19.1 Å². The van der Waals surface area contributed by atoms with Gasteiger partial charge in [-0.05, 0) is 48.4 Å². The second-order valence-electron chi connectivity index (χ2n) is 8.78. The number of fused-ring (bicyclic) bond motifs is 1. The predicted octanol–water partition coefficient (Wildman–Crippen LogP) is 5.18. The molecule has 3 aromatic carbocycles. The van der Waals surface area contributed by atoms with Gasteiger partial charge in [0.2, 0.25) is 5.91 Å². The Bertz CT molecular complexity index is 1500. The molecule has 2 N–H and O–H groups in total. The van der Waals surface area contributed by atoms with Crippen molar-refractivity contribution < 1.29 is 9.18 Å². The smallest absolute Gasteiger partial charge is 0.280 e. The standard InChI is InChI=1S/C28H25ClFN5O2S/c29-23-8-4-5-9-24(23)35-26-22(16-34(18-31-26)15-14-19-6-2-1-3-7-19)27(37)33-28(35)38-17-25(36)32-21-12-10-20(30)11-13-21/h1-13,31H,14-18H2,(H,32,36). The van der Waals surface area contributed by atoms with Crippen LogP contribution in [0.2, 0.25) is 5.02 Å². The van der Waals surface area contributed by atoms with Gasteiger partial charge in [0.05, 0.1) is 28.7 Å². The fourth-order valence-corrected chi connectivity index (χ4v) is 5.25. The summed E-state index contributed by atoms with van der Waals surface area (Å²) in [6.45, 7) is 1.77. The molecule has 1 amide bonds. The number of carbonyl (C=O) groups excluding carboxylic acids is 1. The molecule has 2 heterocycles. The number of anilines is 2. The minimum atomic E-state index is -0.384. The summed E-state index contributed by atoms with van der Waals surface area (Å²) in [4.78, 5) is 32.3. The van der Waals surface area contributed by atoms with Crippen LogP contribution in [0, 0.1) is 5.82 Å². The van der Waals surface area contributed by atoms with Crippen molar-refractivity contribution in [1.82, 2.24) is 14.5 Å². The topological polar surface area (TPSA) is 79.3 Å². The van der Waals surface area contributed by atoms with E-state index >= 15 is 0 Å². The molecule has 1 aliphatic heterocycles. The quantitative estimate of drug-likeness (QED) is 0.233. The molecule has 0 saturated carbocycles. The molecular formula is C28H25ClFN5O2S. The van der Waals surface area contributed by atoms with Gasteiger partial charge in [0, 0.05) is 18.8 Å². The number of thioether (sulfide) groups is 1. The number of benzene rings is 3. The molecule has 4 aromatic rings. The van der Waals surface area contributed by atoms with E-state index in [1.807, 2.05) is 41.0 Å². The van der Waals surface area contributed by atoms with Gasteiger partial charge in [-0.25, -0.2) is 4.39 Å². The van der Waals surface area contributed by atoms with Crippen molar-refractivity contribution >= 4 is 40.8 Å². The fraction of sp³-hybridized carbons (Fsp3) is 0.179. The van der Waals surface area contributed by atoms with Gasteiger partial charge < -0.3 is 10.6 Å².